The Kier molecular flexibility index (Phi) is 3.68. The Balaban J connectivity index is 2.17. The van der Waals surface area contributed by atoms with Crippen molar-refractivity contribution < 1.29 is 4.92 Å². The summed E-state index contributed by atoms with van der Waals surface area (Å²) in [5.74, 6) is 0.0906. The van der Waals surface area contributed by atoms with E-state index in [4.69, 9.17) is 11.6 Å². The zero-order valence-electron chi connectivity index (χ0n) is 9.25. The van der Waals surface area contributed by atoms with E-state index in [-0.39, 0.29) is 16.8 Å². The molecule has 7 nitrogen and oxygen atoms in total. The lowest BCUT2D eigenvalue weighted by molar-refractivity contribution is -0.384. The standard InChI is InChI=1S/C9H8ClN5O2S/c1-5-4-18-7(13-5)3-11-8-6(15(16)17)2-12-9(10)14-8/h2,4H,3H2,1H3,(H,11,12,14). The molecule has 2 heterocycles. The van der Waals surface area contributed by atoms with E-state index >= 15 is 0 Å². The van der Waals surface area contributed by atoms with Crippen LogP contribution in [-0.4, -0.2) is 19.9 Å². The maximum atomic E-state index is 10.8. The summed E-state index contributed by atoms with van der Waals surface area (Å²) in [6.45, 7) is 2.23. The van der Waals surface area contributed by atoms with Crippen molar-refractivity contribution in [2.45, 2.75) is 13.5 Å². The fourth-order valence-electron chi connectivity index (χ4n) is 1.26. The van der Waals surface area contributed by atoms with Crippen LogP contribution in [0.25, 0.3) is 0 Å². The van der Waals surface area contributed by atoms with Crippen molar-refractivity contribution >= 4 is 34.4 Å². The second kappa shape index (κ2) is 5.23. The first kappa shape index (κ1) is 12.7. The van der Waals surface area contributed by atoms with Crippen LogP contribution in [0.3, 0.4) is 0 Å². The first-order valence-electron chi connectivity index (χ1n) is 4.88. The van der Waals surface area contributed by atoms with Crippen LogP contribution in [0.2, 0.25) is 5.28 Å². The summed E-state index contributed by atoms with van der Waals surface area (Å²) in [6, 6.07) is 0. The number of hydrogen-bond acceptors (Lipinski definition) is 7. The molecule has 18 heavy (non-hydrogen) atoms. The summed E-state index contributed by atoms with van der Waals surface area (Å²) in [6.07, 6.45) is 1.07. The number of thiazole rings is 1. The number of rotatable bonds is 4. The first-order chi connectivity index (χ1) is 8.56. The van der Waals surface area contributed by atoms with Gasteiger partial charge in [-0.3, -0.25) is 10.1 Å². The van der Waals surface area contributed by atoms with Gasteiger partial charge in [-0.15, -0.1) is 11.3 Å². The Hall–Kier alpha value is -1.80. The fraction of sp³-hybridized carbons (Fsp3) is 0.222. The molecule has 0 unspecified atom stereocenters. The van der Waals surface area contributed by atoms with Crippen molar-refractivity contribution in [1.82, 2.24) is 15.0 Å². The predicted octanol–water partition coefficient (Wildman–Crippen LogP) is 2.42. The van der Waals surface area contributed by atoms with Crippen molar-refractivity contribution in [2.24, 2.45) is 0 Å². The third kappa shape index (κ3) is 2.90. The van der Waals surface area contributed by atoms with Gasteiger partial charge in [0.25, 0.3) is 0 Å². The summed E-state index contributed by atoms with van der Waals surface area (Å²) >= 11 is 7.08. The van der Waals surface area contributed by atoms with E-state index in [0.717, 1.165) is 16.9 Å². The van der Waals surface area contributed by atoms with E-state index in [0.29, 0.717) is 6.54 Å². The number of halogens is 1. The lowest BCUT2D eigenvalue weighted by Gasteiger charge is -2.03. The number of aryl methyl sites for hydroxylation is 1. The molecule has 0 atom stereocenters. The molecule has 0 aliphatic carbocycles. The van der Waals surface area contributed by atoms with Gasteiger partial charge in [-0.1, -0.05) is 0 Å². The molecule has 0 aliphatic heterocycles. The predicted molar refractivity (Wildman–Crippen MR) is 67.9 cm³/mol. The van der Waals surface area contributed by atoms with Crippen LogP contribution in [0.4, 0.5) is 11.5 Å². The largest absolute Gasteiger partial charge is 0.358 e. The Bertz CT molecular complexity index is 588. The maximum absolute atomic E-state index is 10.8. The molecule has 1 N–H and O–H groups in total. The monoisotopic (exact) mass is 285 g/mol. The van der Waals surface area contributed by atoms with Gasteiger partial charge in [0.05, 0.1) is 11.5 Å². The van der Waals surface area contributed by atoms with Gasteiger partial charge in [0.1, 0.15) is 11.2 Å². The highest BCUT2D eigenvalue weighted by Crippen LogP contribution is 2.22. The molecule has 0 amide bonds. The van der Waals surface area contributed by atoms with Crippen LogP contribution in [0.5, 0.6) is 0 Å². The molecular weight excluding hydrogens is 278 g/mol. The van der Waals surface area contributed by atoms with Gasteiger partial charge < -0.3 is 5.32 Å². The van der Waals surface area contributed by atoms with Crippen molar-refractivity contribution in [3.05, 3.63) is 37.7 Å². The van der Waals surface area contributed by atoms with E-state index in [1.807, 2.05) is 12.3 Å². The molecule has 0 fully saturated rings. The summed E-state index contributed by atoms with van der Waals surface area (Å²) in [5.41, 5.74) is 0.694. The molecule has 0 saturated carbocycles. The highest BCUT2D eigenvalue weighted by atomic mass is 35.5. The number of anilines is 1. The first-order valence-corrected chi connectivity index (χ1v) is 6.14. The Labute approximate surface area is 111 Å². The molecule has 0 aromatic carbocycles. The quantitative estimate of drug-likeness (QED) is 0.527. The highest BCUT2D eigenvalue weighted by molar-refractivity contribution is 7.09. The molecule has 0 spiro atoms. The Morgan fingerprint density at radius 1 is 1.56 bits per heavy atom. The fourth-order valence-corrected chi connectivity index (χ4v) is 2.11. The van der Waals surface area contributed by atoms with Gasteiger partial charge >= 0.3 is 5.69 Å². The molecule has 0 radical (unpaired) electrons. The topological polar surface area (TPSA) is 93.8 Å². The van der Waals surface area contributed by atoms with Gasteiger partial charge in [-0.25, -0.2) is 9.97 Å². The molecule has 2 aromatic heterocycles. The minimum atomic E-state index is -0.564. The Morgan fingerprint density at radius 3 is 2.94 bits per heavy atom. The second-order valence-electron chi connectivity index (χ2n) is 3.37. The minimum Gasteiger partial charge on any atom is -0.358 e. The molecule has 0 aliphatic rings. The van der Waals surface area contributed by atoms with E-state index in [1.165, 1.54) is 11.3 Å². The zero-order chi connectivity index (χ0) is 13.1. The van der Waals surface area contributed by atoms with Crippen molar-refractivity contribution in [3.8, 4) is 0 Å². The van der Waals surface area contributed by atoms with Crippen LogP contribution in [-0.2, 0) is 6.54 Å². The molecule has 2 aromatic rings. The van der Waals surface area contributed by atoms with Crippen LogP contribution >= 0.6 is 22.9 Å². The maximum Gasteiger partial charge on any atom is 0.329 e. The van der Waals surface area contributed by atoms with Crippen LogP contribution in [0, 0.1) is 17.0 Å². The molecule has 0 bridgehead atoms. The number of nitrogens with one attached hydrogen (secondary N) is 1. The molecule has 94 valence electrons. The van der Waals surface area contributed by atoms with E-state index in [2.05, 4.69) is 20.3 Å². The number of nitro groups is 1. The third-order valence-corrected chi connectivity index (χ3v) is 3.16. The number of hydrogen-bond donors (Lipinski definition) is 1. The zero-order valence-corrected chi connectivity index (χ0v) is 10.8. The summed E-state index contributed by atoms with van der Waals surface area (Å²) in [7, 11) is 0. The SMILES string of the molecule is Cc1csc(CNc2nc(Cl)ncc2[N+](=O)[O-])n1. The average molecular weight is 286 g/mol. The van der Waals surface area contributed by atoms with Crippen molar-refractivity contribution in [1.29, 1.82) is 0 Å². The lowest BCUT2D eigenvalue weighted by Crippen LogP contribution is -2.05. The van der Waals surface area contributed by atoms with E-state index < -0.39 is 4.92 Å². The van der Waals surface area contributed by atoms with Crippen LogP contribution in [0.15, 0.2) is 11.6 Å². The van der Waals surface area contributed by atoms with Crippen molar-refractivity contribution in [2.75, 3.05) is 5.32 Å². The number of aromatic nitrogens is 3. The van der Waals surface area contributed by atoms with E-state index in [1.54, 1.807) is 0 Å². The molecule has 9 heteroatoms. The van der Waals surface area contributed by atoms with Crippen LogP contribution < -0.4 is 5.32 Å². The van der Waals surface area contributed by atoms with Gasteiger partial charge in [-0.05, 0) is 18.5 Å². The van der Waals surface area contributed by atoms with E-state index in [9.17, 15) is 10.1 Å². The smallest absolute Gasteiger partial charge is 0.329 e. The lowest BCUT2D eigenvalue weighted by atomic mass is 10.4. The molecule has 2 rings (SSSR count). The Morgan fingerprint density at radius 2 is 2.33 bits per heavy atom. The van der Waals surface area contributed by atoms with Crippen LogP contribution in [0.1, 0.15) is 10.7 Å². The van der Waals surface area contributed by atoms with Gasteiger partial charge in [0.2, 0.25) is 11.1 Å². The normalized spacial score (nSPS) is 10.3. The third-order valence-electron chi connectivity index (χ3n) is 2.01. The molecular formula is C9H8ClN5O2S. The van der Waals surface area contributed by atoms with Crippen molar-refractivity contribution in [3.63, 3.8) is 0 Å². The van der Waals surface area contributed by atoms with Gasteiger partial charge in [0, 0.05) is 11.1 Å². The summed E-state index contributed by atoms with van der Waals surface area (Å²) in [4.78, 5) is 21.8. The summed E-state index contributed by atoms with van der Waals surface area (Å²) < 4.78 is 0. The molecule has 0 saturated heterocycles. The average Bonchev–Trinajstić information content (AvgIpc) is 2.72. The van der Waals surface area contributed by atoms with Gasteiger partial charge in [0.15, 0.2) is 0 Å². The minimum absolute atomic E-state index is 0.0431. The number of nitrogens with zero attached hydrogens (tertiary/aromatic N) is 4. The second-order valence-corrected chi connectivity index (χ2v) is 4.65. The van der Waals surface area contributed by atoms with Gasteiger partial charge in [-0.2, -0.15) is 4.98 Å². The highest BCUT2D eigenvalue weighted by Gasteiger charge is 2.16. The summed E-state index contributed by atoms with van der Waals surface area (Å²) in [5, 5.41) is 16.3.